The van der Waals surface area contributed by atoms with Gasteiger partial charge < -0.3 is 10.1 Å². The fraction of sp³-hybridized carbons (Fsp3) is 0.387. The summed E-state index contributed by atoms with van der Waals surface area (Å²) >= 11 is 0. The molecular formula is C31H39NO2. The van der Waals surface area contributed by atoms with Crippen molar-refractivity contribution in [3.8, 4) is 5.75 Å². The molecular weight excluding hydrogens is 418 g/mol. The van der Waals surface area contributed by atoms with Crippen LogP contribution in [0.25, 0.3) is 0 Å². The molecule has 0 saturated carbocycles. The lowest BCUT2D eigenvalue weighted by atomic mass is 9.87. The molecule has 0 aliphatic heterocycles. The number of carbonyl (C=O) groups is 1. The third-order valence-electron chi connectivity index (χ3n) is 5.98. The van der Waals surface area contributed by atoms with Crippen molar-refractivity contribution in [1.29, 1.82) is 0 Å². The van der Waals surface area contributed by atoms with Crippen LogP contribution in [0.4, 0.5) is 0 Å². The Morgan fingerprint density at radius 2 is 1.56 bits per heavy atom. The van der Waals surface area contributed by atoms with Gasteiger partial charge in [-0.2, -0.15) is 0 Å². The molecule has 0 saturated heterocycles. The van der Waals surface area contributed by atoms with Crippen LogP contribution in [0.15, 0.2) is 66.7 Å². The zero-order chi connectivity index (χ0) is 24.9. The average Bonchev–Trinajstić information content (AvgIpc) is 2.76. The molecule has 3 nitrogen and oxygen atoms in total. The van der Waals surface area contributed by atoms with Crippen LogP contribution >= 0.6 is 0 Å². The topological polar surface area (TPSA) is 38.3 Å². The Balaban J connectivity index is 1.70. The monoisotopic (exact) mass is 457 g/mol. The van der Waals surface area contributed by atoms with Gasteiger partial charge in [0.05, 0.1) is 6.04 Å². The SMILES string of the molecule is Cc1cc(C)cc(C(CC(C)C)NC(=O)c2cccc(OCc3ccc(C(C)(C)C)cc3)c2)c1. The van der Waals surface area contributed by atoms with E-state index in [0.29, 0.717) is 23.8 Å². The summed E-state index contributed by atoms with van der Waals surface area (Å²) in [6, 6.07) is 22.4. The van der Waals surface area contributed by atoms with E-state index in [9.17, 15) is 4.79 Å². The standard InChI is InChI=1S/C31H39NO2/c1-21(2)15-29(26-17-22(3)16-23(4)18-26)32-30(33)25-9-8-10-28(19-25)34-20-24-11-13-27(14-12-24)31(5,6)7/h8-14,16-19,21,29H,15,20H2,1-7H3,(H,32,33). The second-order valence-corrected chi connectivity index (χ2v) is 10.8. The van der Waals surface area contributed by atoms with Gasteiger partial charge in [0.1, 0.15) is 12.4 Å². The van der Waals surface area contributed by atoms with Crippen molar-refractivity contribution in [1.82, 2.24) is 5.32 Å². The minimum Gasteiger partial charge on any atom is -0.489 e. The average molecular weight is 458 g/mol. The van der Waals surface area contributed by atoms with E-state index in [0.717, 1.165) is 17.5 Å². The first kappa shape index (κ1) is 25.6. The van der Waals surface area contributed by atoms with Crippen LogP contribution in [0.3, 0.4) is 0 Å². The first-order valence-electron chi connectivity index (χ1n) is 12.2. The summed E-state index contributed by atoms with van der Waals surface area (Å²) in [6.07, 6.45) is 0.884. The van der Waals surface area contributed by atoms with E-state index in [1.165, 1.54) is 16.7 Å². The van der Waals surface area contributed by atoms with Crippen LogP contribution in [0, 0.1) is 19.8 Å². The molecule has 180 valence electrons. The van der Waals surface area contributed by atoms with E-state index in [2.05, 4.69) is 96.2 Å². The van der Waals surface area contributed by atoms with Gasteiger partial charge in [-0.3, -0.25) is 4.79 Å². The minimum atomic E-state index is -0.0789. The number of nitrogens with one attached hydrogen (secondary N) is 1. The summed E-state index contributed by atoms with van der Waals surface area (Å²) in [4.78, 5) is 13.2. The summed E-state index contributed by atoms with van der Waals surface area (Å²) in [7, 11) is 0. The van der Waals surface area contributed by atoms with E-state index in [1.54, 1.807) is 0 Å². The van der Waals surface area contributed by atoms with Crippen molar-refractivity contribution in [2.24, 2.45) is 5.92 Å². The van der Waals surface area contributed by atoms with E-state index in [1.807, 2.05) is 24.3 Å². The summed E-state index contributed by atoms with van der Waals surface area (Å²) < 4.78 is 6.01. The van der Waals surface area contributed by atoms with Gasteiger partial charge >= 0.3 is 0 Å². The fourth-order valence-electron chi connectivity index (χ4n) is 4.20. The number of carbonyl (C=O) groups excluding carboxylic acids is 1. The number of hydrogen-bond donors (Lipinski definition) is 1. The first-order valence-corrected chi connectivity index (χ1v) is 12.2. The normalized spacial score (nSPS) is 12.5. The molecule has 0 aliphatic carbocycles. The third-order valence-corrected chi connectivity index (χ3v) is 5.98. The molecule has 34 heavy (non-hydrogen) atoms. The number of aryl methyl sites for hydroxylation is 2. The molecule has 0 spiro atoms. The summed E-state index contributed by atoms with van der Waals surface area (Å²) in [5.41, 5.74) is 6.73. The molecule has 0 aliphatic rings. The first-order chi connectivity index (χ1) is 16.0. The van der Waals surface area contributed by atoms with Crippen LogP contribution in [0.1, 0.15) is 85.3 Å². The Kier molecular flexibility index (Phi) is 8.19. The maximum atomic E-state index is 13.2. The molecule has 0 aromatic heterocycles. The van der Waals surface area contributed by atoms with Gasteiger partial charge in [-0.1, -0.05) is 94.3 Å². The Bertz CT molecular complexity index is 1090. The zero-order valence-corrected chi connectivity index (χ0v) is 21.7. The van der Waals surface area contributed by atoms with Crippen molar-refractivity contribution in [2.75, 3.05) is 0 Å². The number of rotatable bonds is 8. The molecule has 0 heterocycles. The Hall–Kier alpha value is -3.07. The van der Waals surface area contributed by atoms with E-state index in [4.69, 9.17) is 4.74 Å². The molecule has 0 bridgehead atoms. The molecule has 1 atom stereocenters. The highest BCUT2D eigenvalue weighted by Gasteiger charge is 2.18. The van der Waals surface area contributed by atoms with Crippen LogP contribution in [-0.2, 0) is 12.0 Å². The lowest BCUT2D eigenvalue weighted by Gasteiger charge is -2.22. The highest BCUT2D eigenvalue weighted by atomic mass is 16.5. The molecule has 0 radical (unpaired) electrons. The second-order valence-electron chi connectivity index (χ2n) is 10.8. The minimum absolute atomic E-state index is 0.0306. The van der Waals surface area contributed by atoms with Crippen molar-refractivity contribution < 1.29 is 9.53 Å². The summed E-state index contributed by atoms with van der Waals surface area (Å²) in [5.74, 6) is 1.08. The number of hydrogen-bond acceptors (Lipinski definition) is 2. The smallest absolute Gasteiger partial charge is 0.251 e. The van der Waals surface area contributed by atoms with Gasteiger partial charge in [0.25, 0.3) is 5.91 Å². The zero-order valence-electron chi connectivity index (χ0n) is 21.7. The van der Waals surface area contributed by atoms with Crippen LogP contribution in [0.5, 0.6) is 5.75 Å². The lowest BCUT2D eigenvalue weighted by molar-refractivity contribution is 0.0931. The van der Waals surface area contributed by atoms with Crippen LogP contribution < -0.4 is 10.1 Å². The van der Waals surface area contributed by atoms with Crippen molar-refractivity contribution in [2.45, 2.75) is 73.0 Å². The predicted octanol–water partition coefficient (Wildman–Crippen LogP) is 7.70. The van der Waals surface area contributed by atoms with Crippen molar-refractivity contribution in [3.63, 3.8) is 0 Å². The Morgan fingerprint density at radius 3 is 2.15 bits per heavy atom. The molecule has 3 aromatic rings. The highest BCUT2D eigenvalue weighted by molar-refractivity contribution is 5.94. The molecule has 3 aromatic carbocycles. The highest BCUT2D eigenvalue weighted by Crippen LogP contribution is 2.25. The lowest BCUT2D eigenvalue weighted by Crippen LogP contribution is -2.29. The van der Waals surface area contributed by atoms with Crippen LogP contribution in [-0.4, -0.2) is 5.91 Å². The van der Waals surface area contributed by atoms with E-state index in [-0.39, 0.29) is 17.4 Å². The molecule has 1 amide bonds. The summed E-state index contributed by atoms with van der Waals surface area (Å²) in [6.45, 7) is 15.7. The number of ether oxygens (including phenoxy) is 1. The van der Waals surface area contributed by atoms with Gasteiger partial charge in [-0.15, -0.1) is 0 Å². The molecule has 3 rings (SSSR count). The third kappa shape index (κ3) is 7.21. The second kappa shape index (κ2) is 10.9. The summed E-state index contributed by atoms with van der Waals surface area (Å²) in [5, 5.41) is 3.26. The van der Waals surface area contributed by atoms with Gasteiger partial charge in [0, 0.05) is 5.56 Å². The number of amides is 1. The predicted molar refractivity (Wildman–Crippen MR) is 141 cm³/mol. The van der Waals surface area contributed by atoms with Crippen molar-refractivity contribution in [3.05, 3.63) is 100 Å². The van der Waals surface area contributed by atoms with Gasteiger partial charge in [-0.05, 0) is 66.5 Å². The Labute approximate surface area is 205 Å². The van der Waals surface area contributed by atoms with Crippen molar-refractivity contribution >= 4 is 5.91 Å². The fourth-order valence-corrected chi connectivity index (χ4v) is 4.20. The number of benzene rings is 3. The van der Waals surface area contributed by atoms with Crippen LogP contribution in [0.2, 0.25) is 0 Å². The maximum Gasteiger partial charge on any atom is 0.251 e. The molecule has 1 N–H and O–H groups in total. The molecule has 3 heteroatoms. The van der Waals surface area contributed by atoms with E-state index >= 15 is 0 Å². The van der Waals surface area contributed by atoms with Gasteiger partial charge in [0.15, 0.2) is 0 Å². The molecule has 0 fully saturated rings. The quantitative estimate of drug-likeness (QED) is 0.376. The Morgan fingerprint density at radius 1 is 0.912 bits per heavy atom. The van der Waals surface area contributed by atoms with Gasteiger partial charge in [0.2, 0.25) is 0 Å². The van der Waals surface area contributed by atoms with E-state index < -0.39 is 0 Å². The maximum absolute atomic E-state index is 13.2. The van der Waals surface area contributed by atoms with Gasteiger partial charge in [-0.25, -0.2) is 0 Å². The molecule has 1 unspecified atom stereocenters. The largest absolute Gasteiger partial charge is 0.489 e.